The van der Waals surface area contributed by atoms with Gasteiger partial charge in [-0.2, -0.15) is 5.26 Å². The Balaban J connectivity index is 0.906. The summed E-state index contributed by atoms with van der Waals surface area (Å²) in [6.07, 6.45) is 0. The second-order valence-electron chi connectivity index (χ2n) is 19.8. The lowest BCUT2D eigenvalue weighted by Gasteiger charge is -2.14. The molecule has 0 atom stereocenters. The molecule has 8 heteroatoms. The van der Waals surface area contributed by atoms with Crippen molar-refractivity contribution in [1.82, 2.24) is 28.7 Å². The molecule has 0 aliphatic rings. The van der Waals surface area contributed by atoms with Crippen LogP contribution in [0.5, 0.6) is 0 Å². The first-order valence-electron chi connectivity index (χ1n) is 26.1. The highest BCUT2D eigenvalue weighted by Gasteiger charge is 2.24. The van der Waals surface area contributed by atoms with Gasteiger partial charge in [0.05, 0.1) is 44.4 Å². The minimum Gasteiger partial charge on any atom is -0.309 e. The predicted molar refractivity (Wildman–Crippen MR) is 322 cm³/mol. The summed E-state index contributed by atoms with van der Waals surface area (Å²) in [5, 5.41) is 20.6. The zero-order chi connectivity index (χ0) is 51.4. The summed E-state index contributed by atoms with van der Waals surface area (Å²) in [6.45, 7) is 0. The fourth-order valence-electron chi connectivity index (χ4n) is 12.1. The van der Waals surface area contributed by atoms with Crippen molar-refractivity contribution in [3.63, 3.8) is 0 Å². The van der Waals surface area contributed by atoms with E-state index in [4.69, 9.17) is 15.0 Å². The molecule has 16 aromatic rings. The molecule has 0 fully saturated rings. The van der Waals surface area contributed by atoms with Gasteiger partial charge in [-0.25, -0.2) is 15.0 Å². The molecule has 0 saturated heterocycles. The zero-order valence-corrected chi connectivity index (χ0v) is 42.5. The second-order valence-corrected chi connectivity index (χ2v) is 20.9. The molecular formula is C70H41N7S. The Morgan fingerprint density at radius 3 is 1.65 bits per heavy atom. The van der Waals surface area contributed by atoms with Crippen LogP contribution in [0.1, 0.15) is 5.56 Å². The number of nitriles is 1. The standard InChI is InChI=1S/C70H41N7S/c71-42-46-39-44(68-72-69(74-70(73-68)54-25-8-7-21-49(54)43-17-3-1-4-18-43)45-32-36-62-56(40-45)51-23-10-13-27-59(51)75(62)47-19-5-2-6-20-47)31-35-58(46)77-60-28-14-9-22-50(60)53-34-37-63-66(67(53)77)55-26-11-15-29-61(55)76(63)48-33-38-65-57(41-48)52-24-12-16-30-64(52)78-65/h1-41H. The topological polar surface area (TPSA) is 77.2 Å². The number of aromatic nitrogens is 6. The Hall–Kier alpha value is -10.5. The fraction of sp³-hybridized carbons (Fsp3) is 0. The number of benzene rings is 11. The first-order chi connectivity index (χ1) is 38.6. The van der Waals surface area contributed by atoms with E-state index in [0.717, 1.165) is 105 Å². The molecule has 0 aliphatic carbocycles. The molecule has 78 heavy (non-hydrogen) atoms. The molecule has 0 radical (unpaired) electrons. The van der Waals surface area contributed by atoms with Crippen molar-refractivity contribution in [2.75, 3.05) is 0 Å². The van der Waals surface area contributed by atoms with Gasteiger partial charge in [0, 0.05) is 80.6 Å². The summed E-state index contributed by atoms with van der Waals surface area (Å²) in [4.78, 5) is 15.9. The van der Waals surface area contributed by atoms with Crippen LogP contribution in [-0.4, -0.2) is 28.7 Å². The Morgan fingerprint density at radius 2 is 0.885 bits per heavy atom. The Kier molecular flexibility index (Phi) is 9.73. The van der Waals surface area contributed by atoms with E-state index in [9.17, 15) is 5.26 Å². The first kappa shape index (κ1) is 43.9. The van der Waals surface area contributed by atoms with Gasteiger partial charge in [0.2, 0.25) is 0 Å². The zero-order valence-electron chi connectivity index (χ0n) is 41.7. The minimum atomic E-state index is 0.468. The summed E-state index contributed by atoms with van der Waals surface area (Å²) in [6, 6.07) is 90.1. The molecule has 0 unspecified atom stereocenters. The van der Waals surface area contributed by atoms with E-state index in [-0.39, 0.29) is 0 Å². The van der Waals surface area contributed by atoms with Crippen LogP contribution in [0.2, 0.25) is 0 Å². The molecule has 11 aromatic carbocycles. The molecule has 0 saturated carbocycles. The molecule has 0 spiro atoms. The highest BCUT2D eigenvalue weighted by molar-refractivity contribution is 7.25. The average molecular weight is 1010 g/mol. The number of thiophene rings is 1. The van der Waals surface area contributed by atoms with Crippen LogP contribution in [0, 0.1) is 11.3 Å². The van der Waals surface area contributed by atoms with Crippen molar-refractivity contribution >= 4 is 96.9 Å². The van der Waals surface area contributed by atoms with Gasteiger partial charge in [-0.05, 0) is 108 Å². The van der Waals surface area contributed by atoms with Crippen LogP contribution in [0.4, 0.5) is 0 Å². The molecule has 0 aliphatic heterocycles. The number of hydrogen-bond acceptors (Lipinski definition) is 5. The summed E-state index contributed by atoms with van der Waals surface area (Å²) in [5.74, 6) is 1.54. The SMILES string of the molecule is N#Cc1cc(-c2nc(-c3ccc4c(c3)c3ccccc3n4-c3ccccc3)nc(-c3ccccc3-c3ccccc3)n2)ccc1-n1c2ccccc2c2ccc3c(c4ccccc4n3-c3ccc4sc5ccccc5c4c3)c21. The maximum absolute atomic E-state index is 11.4. The van der Waals surface area contributed by atoms with E-state index in [2.05, 4.69) is 244 Å². The van der Waals surface area contributed by atoms with Crippen LogP contribution >= 0.6 is 11.3 Å². The van der Waals surface area contributed by atoms with Crippen LogP contribution in [-0.2, 0) is 0 Å². The third-order valence-corrected chi connectivity index (χ3v) is 16.7. The van der Waals surface area contributed by atoms with Crippen LogP contribution in [0.3, 0.4) is 0 Å². The summed E-state index contributed by atoms with van der Waals surface area (Å²) in [7, 11) is 0. The summed E-state index contributed by atoms with van der Waals surface area (Å²) in [5.41, 5.74) is 14.4. The molecule has 16 rings (SSSR count). The van der Waals surface area contributed by atoms with Crippen LogP contribution in [0.15, 0.2) is 249 Å². The van der Waals surface area contributed by atoms with E-state index in [1.165, 1.54) is 20.2 Å². The van der Waals surface area contributed by atoms with Crippen molar-refractivity contribution in [3.05, 3.63) is 254 Å². The highest BCUT2D eigenvalue weighted by Crippen LogP contribution is 2.45. The minimum absolute atomic E-state index is 0.468. The smallest absolute Gasteiger partial charge is 0.164 e. The molecule has 7 nitrogen and oxygen atoms in total. The molecular weight excluding hydrogens is 971 g/mol. The van der Waals surface area contributed by atoms with Gasteiger partial charge in [-0.15, -0.1) is 11.3 Å². The highest BCUT2D eigenvalue weighted by atomic mass is 32.1. The first-order valence-corrected chi connectivity index (χ1v) is 26.9. The van der Waals surface area contributed by atoms with Crippen LogP contribution in [0.25, 0.3) is 148 Å². The lowest BCUT2D eigenvalue weighted by atomic mass is 9.99. The lowest BCUT2D eigenvalue weighted by molar-refractivity contribution is 1.07. The number of para-hydroxylation sites is 4. The van der Waals surface area contributed by atoms with Gasteiger partial charge in [-0.3, -0.25) is 0 Å². The molecule has 362 valence electrons. The maximum atomic E-state index is 11.4. The van der Waals surface area contributed by atoms with Gasteiger partial charge >= 0.3 is 0 Å². The van der Waals surface area contributed by atoms with Crippen LogP contribution < -0.4 is 0 Å². The van der Waals surface area contributed by atoms with Gasteiger partial charge in [0.1, 0.15) is 6.07 Å². The van der Waals surface area contributed by atoms with E-state index in [1.54, 1.807) is 0 Å². The van der Waals surface area contributed by atoms with Gasteiger partial charge < -0.3 is 13.7 Å². The van der Waals surface area contributed by atoms with Crippen molar-refractivity contribution in [2.24, 2.45) is 0 Å². The molecule has 5 aromatic heterocycles. The van der Waals surface area contributed by atoms with Gasteiger partial charge in [0.15, 0.2) is 17.5 Å². The van der Waals surface area contributed by atoms with Crippen molar-refractivity contribution in [1.29, 1.82) is 5.26 Å². The Labute approximate surface area is 451 Å². The Morgan fingerprint density at radius 1 is 0.333 bits per heavy atom. The van der Waals surface area contributed by atoms with Crippen molar-refractivity contribution in [3.8, 4) is 68.4 Å². The normalized spacial score (nSPS) is 11.8. The quantitative estimate of drug-likeness (QED) is 0.159. The monoisotopic (exact) mass is 1010 g/mol. The summed E-state index contributed by atoms with van der Waals surface area (Å²) >= 11 is 1.83. The second kappa shape index (κ2) is 17.3. The molecule has 0 bridgehead atoms. The molecule has 0 amide bonds. The van der Waals surface area contributed by atoms with E-state index >= 15 is 0 Å². The van der Waals surface area contributed by atoms with E-state index in [0.29, 0.717) is 28.6 Å². The average Bonchev–Trinajstić information content (AvgIpc) is 4.32. The van der Waals surface area contributed by atoms with Gasteiger partial charge in [-0.1, -0.05) is 152 Å². The Bertz CT molecular complexity index is 5170. The third kappa shape index (κ3) is 6.65. The molecule has 5 heterocycles. The number of nitrogens with zero attached hydrogens (tertiary/aromatic N) is 7. The maximum Gasteiger partial charge on any atom is 0.164 e. The number of fused-ring (bicyclic) bond motifs is 13. The number of hydrogen-bond donors (Lipinski definition) is 0. The van der Waals surface area contributed by atoms with Crippen molar-refractivity contribution in [2.45, 2.75) is 0 Å². The van der Waals surface area contributed by atoms with E-state index < -0.39 is 0 Å². The third-order valence-electron chi connectivity index (χ3n) is 15.5. The predicted octanol–water partition coefficient (Wildman–Crippen LogP) is 18.1. The van der Waals surface area contributed by atoms with Crippen molar-refractivity contribution < 1.29 is 0 Å². The van der Waals surface area contributed by atoms with E-state index in [1.807, 2.05) is 35.6 Å². The molecule has 0 N–H and O–H groups in total. The fourth-order valence-corrected chi connectivity index (χ4v) is 13.2. The number of rotatable bonds is 7. The summed E-state index contributed by atoms with van der Waals surface area (Å²) < 4.78 is 9.55. The largest absolute Gasteiger partial charge is 0.309 e. The van der Waals surface area contributed by atoms with Gasteiger partial charge in [0.25, 0.3) is 0 Å². The lowest BCUT2D eigenvalue weighted by Crippen LogP contribution is -2.03.